The fourth-order valence-corrected chi connectivity index (χ4v) is 1.65. The predicted molar refractivity (Wildman–Crippen MR) is 59.2 cm³/mol. The Morgan fingerprint density at radius 2 is 1.87 bits per heavy atom. The molecule has 0 saturated heterocycles. The number of nitrogens with zero attached hydrogens (tertiary/aromatic N) is 1. The standard InChI is InChI=1S/C11H12N2O2/c1-7(2)13-10(14)8-5-3-4-6-9(8)12-11(13)15/h3-7H,1-2H3,(H,12,15). The summed E-state index contributed by atoms with van der Waals surface area (Å²) in [6.45, 7) is 3.62. The van der Waals surface area contributed by atoms with Gasteiger partial charge in [0.25, 0.3) is 5.56 Å². The highest BCUT2D eigenvalue weighted by atomic mass is 16.2. The highest BCUT2D eigenvalue weighted by molar-refractivity contribution is 5.76. The largest absolute Gasteiger partial charge is 0.329 e. The number of H-pyrrole nitrogens is 1. The SMILES string of the molecule is CC(C)n1c(=O)[nH]c2ccccc2c1=O. The number of benzene rings is 1. The first-order chi connectivity index (χ1) is 7.11. The molecule has 1 aromatic heterocycles. The summed E-state index contributed by atoms with van der Waals surface area (Å²) in [5, 5.41) is 0.547. The number of rotatable bonds is 1. The van der Waals surface area contributed by atoms with Crippen LogP contribution in [-0.4, -0.2) is 9.55 Å². The Balaban J connectivity index is 2.97. The van der Waals surface area contributed by atoms with Gasteiger partial charge in [-0.2, -0.15) is 0 Å². The minimum absolute atomic E-state index is 0.133. The molecule has 0 unspecified atom stereocenters. The van der Waals surface area contributed by atoms with Crippen molar-refractivity contribution in [2.75, 3.05) is 0 Å². The van der Waals surface area contributed by atoms with E-state index in [1.165, 1.54) is 4.57 Å². The zero-order valence-corrected chi connectivity index (χ0v) is 8.65. The summed E-state index contributed by atoms with van der Waals surface area (Å²) in [6.07, 6.45) is 0. The molecular weight excluding hydrogens is 192 g/mol. The monoisotopic (exact) mass is 204 g/mol. The maximum Gasteiger partial charge on any atom is 0.329 e. The normalized spacial score (nSPS) is 11.1. The lowest BCUT2D eigenvalue weighted by molar-refractivity contribution is 0.552. The third kappa shape index (κ3) is 1.48. The van der Waals surface area contributed by atoms with Crippen LogP contribution in [-0.2, 0) is 0 Å². The molecule has 0 aliphatic heterocycles. The number of nitrogens with one attached hydrogen (secondary N) is 1. The lowest BCUT2D eigenvalue weighted by Gasteiger charge is -2.08. The third-order valence-corrected chi connectivity index (χ3v) is 2.35. The van der Waals surface area contributed by atoms with Crippen LogP contribution >= 0.6 is 0 Å². The van der Waals surface area contributed by atoms with Gasteiger partial charge in [-0.1, -0.05) is 12.1 Å². The topological polar surface area (TPSA) is 54.9 Å². The summed E-state index contributed by atoms with van der Waals surface area (Å²) in [4.78, 5) is 26.2. The van der Waals surface area contributed by atoms with Gasteiger partial charge < -0.3 is 4.98 Å². The average Bonchev–Trinajstić information content (AvgIpc) is 2.17. The lowest BCUT2D eigenvalue weighted by atomic mass is 10.2. The number of aromatic nitrogens is 2. The molecule has 0 radical (unpaired) electrons. The lowest BCUT2D eigenvalue weighted by Crippen LogP contribution is -2.36. The van der Waals surface area contributed by atoms with Gasteiger partial charge in [0.1, 0.15) is 0 Å². The second-order valence-corrected chi connectivity index (χ2v) is 3.74. The number of fused-ring (bicyclic) bond motifs is 1. The van der Waals surface area contributed by atoms with Gasteiger partial charge in [0.2, 0.25) is 0 Å². The highest BCUT2D eigenvalue weighted by Crippen LogP contribution is 2.04. The van der Waals surface area contributed by atoms with E-state index in [-0.39, 0.29) is 17.3 Å². The van der Waals surface area contributed by atoms with Gasteiger partial charge in [0, 0.05) is 6.04 Å². The summed E-state index contributed by atoms with van der Waals surface area (Å²) in [5.41, 5.74) is 0.00227. The second kappa shape index (κ2) is 3.38. The summed E-state index contributed by atoms with van der Waals surface area (Å²) in [7, 11) is 0. The van der Waals surface area contributed by atoms with E-state index in [0.29, 0.717) is 10.9 Å². The molecule has 0 saturated carbocycles. The Morgan fingerprint density at radius 1 is 1.20 bits per heavy atom. The van der Waals surface area contributed by atoms with Crippen LogP contribution in [0.5, 0.6) is 0 Å². The van der Waals surface area contributed by atoms with Crippen LogP contribution in [0.2, 0.25) is 0 Å². The van der Waals surface area contributed by atoms with Crippen molar-refractivity contribution >= 4 is 10.9 Å². The zero-order chi connectivity index (χ0) is 11.0. The van der Waals surface area contributed by atoms with Crippen LogP contribution in [0.25, 0.3) is 10.9 Å². The first kappa shape index (κ1) is 9.71. The molecule has 0 fully saturated rings. The first-order valence-electron chi connectivity index (χ1n) is 4.85. The molecule has 1 heterocycles. The molecule has 0 amide bonds. The summed E-state index contributed by atoms with van der Waals surface area (Å²) in [6, 6.07) is 6.88. The third-order valence-electron chi connectivity index (χ3n) is 2.35. The fraction of sp³-hybridized carbons (Fsp3) is 0.273. The molecule has 4 nitrogen and oxygen atoms in total. The van der Waals surface area contributed by atoms with Gasteiger partial charge in [0.05, 0.1) is 10.9 Å². The van der Waals surface area contributed by atoms with Crippen LogP contribution < -0.4 is 11.2 Å². The molecule has 2 rings (SSSR count). The molecule has 15 heavy (non-hydrogen) atoms. The highest BCUT2D eigenvalue weighted by Gasteiger charge is 2.08. The molecule has 1 aromatic carbocycles. The van der Waals surface area contributed by atoms with Crippen molar-refractivity contribution in [1.29, 1.82) is 0 Å². The van der Waals surface area contributed by atoms with Crippen LogP contribution in [0.15, 0.2) is 33.9 Å². The van der Waals surface area contributed by atoms with Gasteiger partial charge in [-0.05, 0) is 26.0 Å². The molecule has 0 aliphatic carbocycles. The summed E-state index contributed by atoms with van der Waals surface area (Å²) >= 11 is 0. The van der Waals surface area contributed by atoms with Crippen molar-refractivity contribution in [3.05, 3.63) is 45.1 Å². The van der Waals surface area contributed by atoms with E-state index >= 15 is 0 Å². The molecule has 4 heteroatoms. The molecule has 1 N–H and O–H groups in total. The van der Waals surface area contributed by atoms with Crippen LogP contribution in [0.1, 0.15) is 19.9 Å². The van der Waals surface area contributed by atoms with E-state index in [1.807, 2.05) is 13.8 Å². The number of hydrogen-bond acceptors (Lipinski definition) is 2. The van der Waals surface area contributed by atoms with Crippen molar-refractivity contribution in [2.45, 2.75) is 19.9 Å². The Kier molecular flexibility index (Phi) is 2.19. The number of para-hydroxylation sites is 1. The van der Waals surface area contributed by atoms with Crippen LogP contribution in [0, 0.1) is 0 Å². The first-order valence-corrected chi connectivity index (χ1v) is 4.85. The predicted octanol–water partition coefficient (Wildman–Crippen LogP) is 1.27. The van der Waals surface area contributed by atoms with E-state index < -0.39 is 0 Å². The van der Waals surface area contributed by atoms with Gasteiger partial charge in [-0.25, -0.2) is 4.79 Å². The van der Waals surface area contributed by atoms with Crippen molar-refractivity contribution < 1.29 is 0 Å². The Labute approximate surface area is 86.2 Å². The molecular formula is C11H12N2O2. The van der Waals surface area contributed by atoms with E-state index in [0.717, 1.165) is 0 Å². The van der Waals surface area contributed by atoms with Crippen molar-refractivity contribution in [1.82, 2.24) is 9.55 Å². The van der Waals surface area contributed by atoms with Gasteiger partial charge in [-0.3, -0.25) is 9.36 Å². The Morgan fingerprint density at radius 3 is 2.53 bits per heavy atom. The number of hydrogen-bond donors (Lipinski definition) is 1. The van der Waals surface area contributed by atoms with Crippen LogP contribution in [0.3, 0.4) is 0 Å². The summed E-state index contributed by atoms with van der Waals surface area (Å²) in [5.74, 6) is 0. The Bertz CT molecular complexity index is 608. The van der Waals surface area contributed by atoms with Crippen molar-refractivity contribution in [3.8, 4) is 0 Å². The Hall–Kier alpha value is -1.84. The van der Waals surface area contributed by atoms with E-state index in [2.05, 4.69) is 4.98 Å². The molecule has 0 aliphatic rings. The molecule has 2 aromatic rings. The van der Waals surface area contributed by atoms with Crippen LogP contribution in [0.4, 0.5) is 0 Å². The van der Waals surface area contributed by atoms with Gasteiger partial charge >= 0.3 is 5.69 Å². The maximum atomic E-state index is 11.9. The summed E-state index contributed by atoms with van der Waals surface area (Å²) < 4.78 is 1.22. The zero-order valence-electron chi connectivity index (χ0n) is 8.65. The number of aromatic amines is 1. The van der Waals surface area contributed by atoms with Crippen molar-refractivity contribution in [3.63, 3.8) is 0 Å². The minimum Gasteiger partial charge on any atom is -0.307 e. The van der Waals surface area contributed by atoms with Crippen molar-refractivity contribution in [2.24, 2.45) is 0 Å². The second-order valence-electron chi connectivity index (χ2n) is 3.74. The van der Waals surface area contributed by atoms with E-state index in [9.17, 15) is 9.59 Å². The quantitative estimate of drug-likeness (QED) is 0.760. The smallest absolute Gasteiger partial charge is 0.307 e. The molecule has 0 spiro atoms. The molecule has 78 valence electrons. The fourth-order valence-electron chi connectivity index (χ4n) is 1.65. The van der Waals surface area contributed by atoms with E-state index in [1.54, 1.807) is 24.3 Å². The van der Waals surface area contributed by atoms with Gasteiger partial charge in [-0.15, -0.1) is 0 Å². The minimum atomic E-state index is -0.353. The van der Waals surface area contributed by atoms with E-state index in [4.69, 9.17) is 0 Å². The maximum absolute atomic E-state index is 11.9. The molecule has 0 bridgehead atoms. The van der Waals surface area contributed by atoms with Gasteiger partial charge in [0.15, 0.2) is 0 Å². The average molecular weight is 204 g/mol. The molecule has 0 atom stereocenters.